The van der Waals surface area contributed by atoms with Gasteiger partial charge in [-0.15, -0.1) is 23.1 Å². The van der Waals surface area contributed by atoms with Crippen molar-refractivity contribution in [3.8, 4) is 0 Å². The summed E-state index contributed by atoms with van der Waals surface area (Å²) in [6.45, 7) is 0.347. The van der Waals surface area contributed by atoms with Crippen molar-refractivity contribution in [2.75, 3.05) is 12.3 Å². The molecule has 0 bridgehead atoms. The van der Waals surface area contributed by atoms with Crippen LogP contribution in [-0.4, -0.2) is 46.1 Å². The van der Waals surface area contributed by atoms with E-state index < -0.39 is 23.8 Å². The van der Waals surface area contributed by atoms with Crippen LogP contribution in [0, 0.1) is 0 Å². The molecule has 3 N–H and O–H groups in total. The third-order valence-electron chi connectivity index (χ3n) is 3.95. The monoisotopic (exact) mass is 376 g/mol. The van der Waals surface area contributed by atoms with Crippen molar-refractivity contribution >= 4 is 40.9 Å². The van der Waals surface area contributed by atoms with Crippen LogP contribution in [0.25, 0.3) is 0 Å². The lowest BCUT2D eigenvalue weighted by Crippen LogP contribution is -2.46. The van der Waals surface area contributed by atoms with Gasteiger partial charge >= 0.3 is 5.97 Å². The summed E-state index contributed by atoms with van der Waals surface area (Å²) >= 11 is 2.89. The van der Waals surface area contributed by atoms with Gasteiger partial charge in [-0.1, -0.05) is 18.2 Å². The number of fused-ring (bicyclic) bond motifs is 1. The van der Waals surface area contributed by atoms with E-state index in [1.54, 1.807) is 23.5 Å². The summed E-state index contributed by atoms with van der Waals surface area (Å²) in [5.41, 5.74) is 6.29. The van der Waals surface area contributed by atoms with Crippen LogP contribution in [0.1, 0.15) is 30.8 Å². The highest BCUT2D eigenvalue weighted by atomic mass is 32.2. The Morgan fingerprint density at radius 2 is 1.80 bits per heavy atom. The highest BCUT2D eigenvalue weighted by molar-refractivity contribution is 7.99. The lowest BCUT2D eigenvalue weighted by atomic mass is 10.1. The fourth-order valence-corrected chi connectivity index (χ4v) is 4.87. The van der Waals surface area contributed by atoms with Gasteiger partial charge in [-0.3, -0.25) is 14.5 Å². The van der Waals surface area contributed by atoms with Crippen molar-refractivity contribution in [2.24, 2.45) is 5.73 Å². The molecule has 0 saturated carbocycles. The second-order valence-corrected chi connectivity index (χ2v) is 7.67. The number of hydrogen-bond acceptors (Lipinski definition) is 6. The maximum atomic E-state index is 12.5. The molecule has 6 nitrogen and oxygen atoms in total. The Balaban J connectivity index is 1.80. The predicted octanol–water partition coefficient (Wildman–Crippen LogP) is 2.23. The number of carboxylic acids is 1. The molecule has 1 aromatic carbocycles. The van der Waals surface area contributed by atoms with Gasteiger partial charge < -0.3 is 10.8 Å². The molecule has 0 spiro atoms. The van der Waals surface area contributed by atoms with E-state index in [-0.39, 0.29) is 22.1 Å². The third kappa shape index (κ3) is 3.33. The first-order chi connectivity index (χ1) is 12.0. The van der Waals surface area contributed by atoms with Gasteiger partial charge in [0.15, 0.2) is 0 Å². The lowest BCUT2D eigenvalue weighted by Gasteiger charge is -2.24. The molecule has 2 heterocycles. The number of carboxylic acid groups (broad SMARTS) is 1. The Morgan fingerprint density at radius 3 is 2.28 bits per heavy atom. The molecule has 25 heavy (non-hydrogen) atoms. The minimum Gasteiger partial charge on any atom is -0.480 e. The van der Waals surface area contributed by atoms with E-state index in [1.807, 2.05) is 17.5 Å². The van der Waals surface area contributed by atoms with E-state index in [9.17, 15) is 19.5 Å². The Labute approximate surface area is 152 Å². The van der Waals surface area contributed by atoms with Crippen LogP contribution in [-0.2, 0) is 4.79 Å². The smallest absolute Gasteiger partial charge is 0.327 e. The van der Waals surface area contributed by atoms with E-state index in [0.29, 0.717) is 6.54 Å². The molecule has 0 aliphatic carbocycles. The Kier molecular flexibility index (Phi) is 5.22. The van der Waals surface area contributed by atoms with Gasteiger partial charge in [-0.05, 0) is 23.6 Å². The lowest BCUT2D eigenvalue weighted by molar-refractivity contribution is -0.140. The maximum Gasteiger partial charge on any atom is 0.327 e. The molecule has 1 aliphatic heterocycles. The highest BCUT2D eigenvalue weighted by Gasteiger charge is 2.42. The topological polar surface area (TPSA) is 101 Å². The molecular weight excluding hydrogens is 360 g/mol. The maximum absolute atomic E-state index is 12.5. The van der Waals surface area contributed by atoms with Crippen molar-refractivity contribution in [3.05, 3.63) is 57.8 Å². The average Bonchev–Trinajstić information content (AvgIpc) is 3.21. The zero-order valence-corrected chi connectivity index (χ0v) is 14.8. The molecule has 2 aromatic rings. The largest absolute Gasteiger partial charge is 0.480 e. The number of thioether (sulfide) groups is 1. The standard InChI is InChI=1S/C17H16N2O4S2/c18-8-14(13-6-3-7-24-13)25-9-12(17(22)23)19-15(20)10-4-1-2-5-11(10)16(19)21/h1-7,12,14H,8-9,18H2,(H,22,23)/t12-,14?/m0/s1. The van der Waals surface area contributed by atoms with Gasteiger partial charge in [0.25, 0.3) is 11.8 Å². The van der Waals surface area contributed by atoms with Crippen molar-refractivity contribution in [1.82, 2.24) is 4.90 Å². The van der Waals surface area contributed by atoms with Gasteiger partial charge in [0.1, 0.15) is 6.04 Å². The number of carbonyl (C=O) groups excluding carboxylic acids is 2. The first kappa shape index (κ1) is 17.7. The number of carbonyl (C=O) groups is 3. The molecule has 130 valence electrons. The molecule has 3 rings (SSSR count). The van der Waals surface area contributed by atoms with Crippen LogP contribution in [0.2, 0.25) is 0 Å². The summed E-state index contributed by atoms with van der Waals surface area (Å²) < 4.78 is 0. The highest BCUT2D eigenvalue weighted by Crippen LogP contribution is 2.33. The number of imide groups is 1. The van der Waals surface area contributed by atoms with Gasteiger partial charge in [0.2, 0.25) is 0 Å². The molecule has 2 amide bonds. The van der Waals surface area contributed by atoms with Crippen LogP contribution in [0.4, 0.5) is 0 Å². The molecule has 1 aliphatic rings. The van der Waals surface area contributed by atoms with Crippen LogP contribution in [0.3, 0.4) is 0 Å². The van der Waals surface area contributed by atoms with Crippen LogP contribution in [0.15, 0.2) is 41.8 Å². The normalized spacial score (nSPS) is 16.0. The van der Waals surface area contributed by atoms with Gasteiger partial charge in [-0.2, -0.15) is 0 Å². The van der Waals surface area contributed by atoms with Crippen LogP contribution in [0.5, 0.6) is 0 Å². The third-order valence-corrected chi connectivity index (χ3v) is 6.44. The first-order valence-corrected chi connectivity index (χ1v) is 9.52. The van der Waals surface area contributed by atoms with E-state index in [2.05, 4.69) is 0 Å². The Hall–Kier alpha value is -2.16. The number of nitrogens with zero attached hydrogens (tertiary/aromatic N) is 1. The number of thiophene rings is 1. The fraction of sp³-hybridized carbons (Fsp3) is 0.235. The predicted molar refractivity (Wildman–Crippen MR) is 96.9 cm³/mol. The quantitative estimate of drug-likeness (QED) is 0.719. The number of aliphatic carboxylic acids is 1. The molecule has 8 heteroatoms. The van der Waals surface area contributed by atoms with Crippen LogP contribution >= 0.6 is 23.1 Å². The average molecular weight is 376 g/mol. The summed E-state index contributed by atoms with van der Waals surface area (Å²) in [6.07, 6.45) is 0. The van der Waals surface area contributed by atoms with Gasteiger partial charge in [-0.25, -0.2) is 4.79 Å². The minimum absolute atomic E-state index is 0.0722. The second kappa shape index (κ2) is 7.38. The van der Waals surface area contributed by atoms with Crippen molar-refractivity contribution in [1.29, 1.82) is 0 Å². The first-order valence-electron chi connectivity index (χ1n) is 7.59. The molecule has 1 aromatic heterocycles. The number of benzene rings is 1. The van der Waals surface area contributed by atoms with Gasteiger partial charge in [0, 0.05) is 17.2 Å². The zero-order valence-electron chi connectivity index (χ0n) is 13.1. The summed E-state index contributed by atoms with van der Waals surface area (Å²) in [5.74, 6) is -2.24. The van der Waals surface area contributed by atoms with E-state index in [0.717, 1.165) is 9.78 Å². The summed E-state index contributed by atoms with van der Waals surface area (Å²) in [5, 5.41) is 11.4. The zero-order chi connectivity index (χ0) is 18.0. The van der Waals surface area contributed by atoms with Crippen molar-refractivity contribution in [2.45, 2.75) is 11.3 Å². The molecular formula is C17H16N2O4S2. The molecule has 0 saturated heterocycles. The molecule has 0 radical (unpaired) electrons. The van der Waals surface area contributed by atoms with Crippen molar-refractivity contribution < 1.29 is 19.5 Å². The SMILES string of the molecule is NCC(SC[C@@H](C(=O)O)N1C(=O)c2ccccc2C1=O)c1cccs1. The molecule has 0 fully saturated rings. The fourth-order valence-electron chi connectivity index (χ4n) is 2.70. The number of nitrogens with two attached hydrogens (primary N) is 1. The molecule has 2 atom stereocenters. The number of amides is 2. The van der Waals surface area contributed by atoms with Gasteiger partial charge in [0.05, 0.1) is 16.4 Å². The minimum atomic E-state index is -1.23. The number of rotatable bonds is 7. The Bertz CT molecular complexity index is 772. The Morgan fingerprint density at radius 1 is 1.16 bits per heavy atom. The van der Waals surface area contributed by atoms with E-state index in [1.165, 1.54) is 23.9 Å². The molecule has 1 unspecified atom stereocenters. The number of hydrogen-bond donors (Lipinski definition) is 2. The van der Waals surface area contributed by atoms with E-state index >= 15 is 0 Å². The summed E-state index contributed by atoms with van der Waals surface area (Å²) in [4.78, 5) is 38.6. The summed E-state index contributed by atoms with van der Waals surface area (Å²) in [6, 6.07) is 8.99. The second-order valence-electron chi connectivity index (χ2n) is 5.45. The summed E-state index contributed by atoms with van der Waals surface area (Å²) in [7, 11) is 0. The van der Waals surface area contributed by atoms with Crippen molar-refractivity contribution in [3.63, 3.8) is 0 Å². The van der Waals surface area contributed by atoms with Crippen LogP contribution < -0.4 is 5.73 Å². The van der Waals surface area contributed by atoms with E-state index in [4.69, 9.17) is 5.73 Å².